The Balaban J connectivity index is 2.67. The number of hydrogen-bond acceptors (Lipinski definition) is 5. The zero-order valence-corrected chi connectivity index (χ0v) is 8.36. The van der Waals surface area contributed by atoms with E-state index in [9.17, 15) is 0 Å². The molecular formula is C8H16N4O2. The van der Waals surface area contributed by atoms with Gasteiger partial charge in [0.2, 0.25) is 0 Å². The van der Waals surface area contributed by atoms with Crippen molar-refractivity contribution in [3.63, 3.8) is 0 Å². The highest BCUT2D eigenvalue weighted by molar-refractivity contribution is 5.64. The third-order valence-corrected chi connectivity index (χ3v) is 1.98. The van der Waals surface area contributed by atoms with E-state index >= 15 is 0 Å². The van der Waals surface area contributed by atoms with Gasteiger partial charge in [-0.1, -0.05) is 0 Å². The largest absolute Gasteiger partial charge is 0.394 e. The molecule has 0 fully saturated rings. The van der Waals surface area contributed by atoms with Gasteiger partial charge in [0.05, 0.1) is 24.1 Å². The van der Waals surface area contributed by atoms with Crippen LogP contribution in [0.15, 0.2) is 0 Å². The fourth-order valence-corrected chi connectivity index (χ4v) is 1.16. The van der Waals surface area contributed by atoms with E-state index < -0.39 is 6.10 Å². The van der Waals surface area contributed by atoms with Crippen molar-refractivity contribution in [1.29, 1.82) is 0 Å². The van der Waals surface area contributed by atoms with Gasteiger partial charge in [0.15, 0.2) is 0 Å². The minimum absolute atomic E-state index is 0.250. The Morgan fingerprint density at radius 1 is 1.64 bits per heavy atom. The predicted octanol–water partition coefficient (Wildman–Crippen LogP) is -0.924. The lowest BCUT2D eigenvalue weighted by atomic mass is 10.3. The Hall–Kier alpha value is -1.27. The van der Waals surface area contributed by atoms with Crippen LogP contribution in [0, 0.1) is 6.92 Å². The van der Waals surface area contributed by atoms with Crippen molar-refractivity contribution >= 4 is 11.5 Å². The van der Waals surface area contributed by atoms with E-state index in [0.29, 0.717) is 11.5 Å². The van der Waals surface area contributed by atoms with Gasteiger partial charge in [0.1, 0.15) is 5.82 Å². The fraction of sp³-hybridized carbons (Fsp3) is 0.625. The number of hydrogen-bond donors (Lipinski definition) is 4. The molecule has 0 saturated carbocycles. The van der Waals surface area contributed by atoms with Crippen molar-refractivity contribution in [2.45, 2.75) is 13.0 Å². The average molecular weight is 200 g/mol. The van der Waals surface area contributed by atoms with Crippen molar-refractivity contribution in [3.05, 3.63) is 5.69 Å². The van der Waals surface area contributed by atoms with Gasteiger partial charge in [-0.05, 0) is 6.92 Å². The Morgan fingerprint density at radius 3 is 2.71 bits per heavy atom. The smallest absolute Gasteiger partial charge is 0.147 e. The Bertz CT molecular complexity index is 311. The minimum Gasteiger partial charge on any atom is -0.394 e. The summed E-state index contributed by atoms with van der Waals surface area (Å²) in [4.78, 5) is 0. The molecule has 1 unspecified atom stereocenters. The lowest BCUT2D eigenvalue weighted by Gasteiger charge is -2.10. The van der Waals surface area contributed by atoms with Gasteiger partial charge >= 0.3 is 0 Å². The monoisotopic (exact) mass is 200 g/mol. The first-order valence-electron chi connectivity index (χ1n) is 4.38. The highest BCUT2D eigenvalue weighted by Gasteiger charge is 2.10. The summed E-state index contributed by atoms with van der Waals surface area (Å²) >= 11 is 0. The lowest BCUT2D eigenvalue weighted by molar-refractivity contribution is 0.105. The van der Waals surface area contributed by atoms with Crippen LogP contribution in [0.3, 0.4) is 0 Å². The number of nitrogens with one attached hydrogen (secondary N) is 1. The van der Waals surface area contributed by atoms with E-state index in [1.807, 2.05) is 6.92 Å². The van der Waals surface area contributed by atoms with Crippen LogP contribution in [-0.2, 0) is 7.05 Å². The number of aryl methyl sites for hydroxylation is 2. The van der Waals surface area contributed by atoms with Crippen molar-refractivity contribution in [2.24, 2.45) is 7.05 Å². The number of aliphatic hydroxyl groups is 2. The third-order valence-electron chi connectivity index (χ3n) is 1.98. The normalized spacial score (nSPS) is 12.9. The molecule has 6 heteroatoms. The number of nitrogen functional groups attached to an aromatic ring is 1. The maximum absolute atomic E-state index is 9.12. The molecule has 1 atom stereocenters. The van der Waals surface area contributed by atoms with Gasteiger partial charge in [-0.25, -0.2) is 0 Å². The van der Waals surface area contributed by atoms with Crippen LogP contribution >= 0.6 is 0 Å². The summed E-state index contributed by atoms with van der Waals surface area (Å²) in [7, 11) is 1.76. The van der Waals surface area contributed by atoms with Gasteiger partial charge in [0, 0.05) is 13.6 Å². The van der Waals surface area contributed by atoms with Crippen molar-refractivity contribution in [2.75, 3.05) is 24.2 Å². The van der Waals surface area contributed by atoms with Crippen LogP contribution in [0.1, 0.15) is 5.69 Å². The lowest BCUT2D eigenvalue weighted by Crippen LogP contribution is -2.24. The summed E-state index contributed by atoms with van der Waals surface area (Å²) in [6, 6.07) is 0. The topological polar surface area (TPSA) is 96.3 Å². The SMILES string of the molecule is Cc1nn(C)c(NCC(O)CO)c1N. The Kier molecular flexibility index (Phi) is 3.32. The summed E-state index contributed by atoms with van der Waals surface area (Å²) in [6.07, 6.45) is -0.787. The molecule has 0 aliphatic carbocycles. The summed E-state index contributed by atoms with van der Waals surface area (Å²) < 4.78 is 1.61. The molecular weight excluding hydrogens is 184 g/mol. The standard InChI is InChI=1S/C8H16N4O2/c1-5-7(9)8(12(2)11-5)10-3-6(14)4-13/h6,10,13-14H,3-4,9H2,1-2H3. The molecule has 0 aromatic carbocycles. The van der Waals surface area contributed by atoms with Crippen LogP contribution in [-0.4, -0.2) is 39.2 Å². The third kappa shape index (κ3) is 2.15. The molecule has 14 heavy (non-hydrogen) atoms. The molecule has 1 aromatic rings. The molecule has 0 spiro atoms. The number of nitrogens with two attached hydrogens (primary N) is 1. The molecule has 1 rings (SSSR count). The molecule has 6 nitrogen and oxygen atoms in total. The predicted molar refractivity (Wildman–Crippen MR) is 53.9 cm³/mol. The van der Waals surface area contributed by atoms with Gasteiger partial charge in [-0.15, -0.1) is 0 Å². The first kappa shape index (κ1) is 10.8. The fourth-order valence-electron chi connectivity index (χ4n) is 1.16. The molecule has 0 saturated heterocycles. The van der Waals surface area contributed by atoms with Crippen molar-refractivity contribution in [3.8, 4) is 0 Å². The molecule has 1 aromatic heterocycles. The first-order chi connectivity index (χ1) is 6.56. The molecule has 80 valence electrons. The maximum Gasteiger partial charge on any atom is 0.147 e. The number of aromatic nitrogens is 2. The molecule has 0 radical (unpaired) electrons. The summed E-state index contributed by atoms with van der Waals surface area (Å²) in [5.41, 5.74) is 7.05. The maximum atomic E-state index is 9.12. The number of nitrogens with zero attached hydrogens (tertiary/aromatic N) is 2. The molecule has 5 N–H and O–H groups in total. The van der Waals surface area contributed by atoms with E-state index in [-0.39, 0.29) is 13.2 Å². The molecule has 0 aliphatic rings. The summed E-state index contributed by atoms with van der Waals surface area (Å²) in [5.74, 6) is 0.662. The Labute approximate surface area is 82.3 Å². The van der Waals surface area contributed by atoms with Crippen molar-refractivity contribution < 1.29 is 10.2 Å². The highest BCUT2D eigenvalue weighted by atomic mass is 16.3. The molecule has 0 aliphatic heterocycles. The van der Waals surface area contributed by atoms with Crippen LogP contribution in [0.25, 0.3) is 0 Å². The van der Waals surface area contributed by atoms with E-state index in [2.05, 4.69) is 10.4 Å². The van der Waals surface area contributed by atoms with Gasteiger partial charge in [-0.2, -0.15) is 5.10 Å². The van der Waals surface area contributed by atoms with Crippen LogP contribution in [0.2, 0.25) is 0 Å². The summed E-state index contributed by atoms with van der Waals surface area (Å²) in [5, 5.41) is 24.8. The van der Waals surface area contributed by atoms with Crippen LogP contribution in [0.5, 0.6) is 0 Å². The summed E-state index contributed by atoms with van der Waals surface area (Å²) in [6.45, 7) is 1.78. The van der Waals surface area contributed by atoms with E-state index in [1.165, 1.54) is 0 Å². The van der Waals surface area contributed by atoms with E-state index in [1.54, 1.807) is 11.7 Å². The minimum atomic E-state index is -0.787. The number of rotatable bonds is 4. The van der Waals surface area contributed by atoms with Crippen LogP contribution in [0.4, 0.5) is 11.5 Å². The van der Waals surface area contributed by atoms with Gasteiger partial charge in [-0.3, -0.25) is 4.68 Å². The molecule has 0 bridgehead atoms. The quantitative estimate of drug-likeness (QED) is 0.504. The van der Waals surface area contributed by atoms with Crippen molar-refractivity contribution in [1.82, 2.24) is 9.78 Å². The second-order valence-corrected chi connectivity index (χ2v) is 3.19. The first-order valence-corrected chi connectivity index (χ1v) is 4.38. The zero-order chi connectivity index (χ0) is 10.7. The number of anilines is 2. The zero-order valence-electron chi connectivity index (χ0n) is 8.36. The average Bonchev–Trinajstić information content (AvgIpc) is 2.39. The second kappa shape index (κ2) is 4.30. The molecule has 0 amide bonds. The second-order valence-electron chi connectivity index (χ2n) is 3.19. The molecule has 1 heterocycles. The van der Waals surface area contributed by atoms with Gasteiger partial charge in [0.25, 0.3) is 0 Å². The number of aliphatic hydroxyl groups excluding tert-OH is 2. The van der Waals surface area contributed by atoms with E-state index in [0.717, 1.165) is 5.69 Å². The van der Waals surface area contributed by atoms with Gasteiger partial charge < -0.3 is 21.3 Å². The Morgan fingerprint density at radius 2 is 2.29 bits per heavy atom. The van der Waals surface area contributed by atoms with E-state index in [4.69, 9.17) is 15.9 Å². The highest BCUT2D eigenvalue weighted by Crippen LogP contribution is 2.20. The van der Waals surface area contributed by atoms with Crippen LogP contribution < -0.4 is 11.1 Å².